The molecule has 0 aromatic heterocycles. The summed E-state index contributed by atoms with van der Waals surface area (Å²) in [5.74, 6) is 0. The molecule has 0 amide bonds. The van der Waals surface area contributed by atoms with E-state index in [0.717, 1.165) is 0 Å². The third-order valence-electron chi connectivity index (χ3n) is 0. The minimum atomic E-state index is 0.250. The van der Waals surface area contributed by atoms with Crippen molar-refractivity contribution >= 4 is 0 Å². The summed E-state index contributed by atoms with van der Waals surface area (Å²) >= 11 is 0. The van der Waals surface area contributed by atoms with Crippen molar-refractivity contribution in [3.8, 4) is 0 Å². The fourth-order valence-corrected chi connectivity index (χ4v) is 0. The summed E-state index contributed by atoms with van der Waals surface area (Å²) in [5, 5.41) is 15.1. The molecule has 2 heteroatoms. The van der Waals surface area contributed by atoms with E-state index in [-0.39, 0.29) is 13.2 Å². The SMILES string of the molecule is CC.CC.CC.CC.CCO.CCO. The number of rotatable bonds is 0. The first kappa shape index (κ1) is 37.0. The third kappa shape index (κ3) is 222000. The van der Waals surface area contributed by atoms with Crippen molar-refractivity contribution in [2.75, 3.05) is 13.2 Å². The van der Waals surface area contributed by atoms with E-state index in [1.54, 1.807) is 13.8 Å². The minimum Gasteiger partial charge on any atom is -0.397 e. The van der Waals surface area contributed by atoms with Crippen molar-refractivity contribution < 1.29 is 10.2 Å². The standard InChI is InChI=1S/2C2H6O.4C2H6/c2*1-2-3;4*1-2/h2*3H,2H2,1H3;4*1-2H3. The van der Waals surface area contributed by atoms with Crippen LogP contribution in [0.2, 0.25) is 0 Å². The average Bonchev–Trinajstić information content (AvgIpc) is 2.31. The normalized spacial score (nSPS) is 4.29. The topological polar surface area (TPSA) is 40.5 Å². The summed E-state index contributed by atoms with van der Waals surface area (Å²) < 4.78 is 0. The lowest BCUT2D eigenvalue weighted by Crippen LogP contribution is -1.57. The third-order valence-corrected chi connectivity index (χ3v) is 0. The van der Waals surface area contributed by atoms with Gasteiger partial charge in [-0.3, -0.25) is 0 Å². The zero-order chi connectivity index (χ0) is 13.4. The summed E-state index contributed by atoms with van der Waals surface area (Å²) in [6, 6.07) is 0. The van der Waals surface area contributed by atoms with Gasteiger partial charge < -0.3 is 10.2 Å². The van der Waals surface area contributed by atoms with E-state index in [1.807, 2.05) is 55.4 Å². The van der Waals surface area contributed by atoms with Crippen molar-refractivity contribution in [1.82, 2.24) is 0 Å². The van der Waals surface area contributed by atoms with Crippen LogP contribution in [0.15, 0.2) is 0 Å². The van der Waals surface area contributed by atoms with Gasteiger partial charge in [0.1, 0.15) is 0 Å². The lowest BCUT2D eigenvalue weighted by molar-refractivity contribution is 0.318. The van der Waals surface area contributed by atoms with Gasteiger partial charge in [-0.05, 0) is 13.8 Å². The number of aliphatic hydroxyl groups is 2. The molecule has 14 heavy (non-hydrogen) atoms. The first-order chi connectivity index (χ1) is 6.83. The van der Waals surface area contributed by atoms with E-state index in [2.05, 4.69) is 0 Å². The Labute approximate surface area is 93.4 Å². The molecule has 0 saturated carbocycles. The average molecular weight is 212 g/mol. The van der Waals surface area contributed by atoms with Crippen molar-refractivity contribution in [2.45, 2.75) is 69.2 Å². The number of hydrogen-bond acceptors (Lipinski definition) is 2. The van der Waals surface area contributed by atoms with Crippen LogP contribution in [0.3, 0.4) is 0 Å². The van der Waals surface area contributed by atoms with Crippen molar-refractivity contribution in [1.29, 1.82) is 0 Å². The molecule has 0 aromatic carbocycles. The Kier molecular flexibility index (Phi) is 1320. The molecule has 0 aliphatic heterocycles. The molecular weight excluding hydrogens is 176 g/mol. The highest BCUT2D eigenvalue weighted by Gasteiger charge is 1.34. The van der Waals surface area contributed by atoms with E-state index in [1.165, 1.54) is 0 Å². The Morgan fingerprint density at radius 1 is 0.500 bits per heavy atom. The van der Waals surface area contributed by atoms with Gasteiger partial charge in [0.15, 0.2) is 0 Å². The van der Waals surface area contributed by atoms with E-state index in [9.17, 15) is 0 Å². The van der Waals surface area contributed by atoms with E-state index in [0.29, 0.717) is 0 Å². The zero-order valence-corrected chi connectivity index (χ0v) is 12.3. The molecule has 0 aliphatic rings. The van der Waals surface area contributed by atoms with Crippen LogP contribution in [0.1, 0.15) is 69.2 Å². The summed E-state index contributed by atoms with van der Waals surface area (Å²) in [6.07, 6.45) is 0. The molecule has 0 rings (SSSR count). The monoisotopic (exact) mass is 212 g/mol. The van der Waals surface area contributed by atoms with E-state index >= 15 is 0 Å². The van der Waals surface area contributed by atoms with E-state index < -0.39 is 0 Å². The Morgan fingerprint density at radius 3 is 0.500 bits per heavy atom. The fraction of sp³-hybridized carbons (Fsp3) is 1.00. The van der Waals surface area contributed by atoms with Crippen LogP contribution in [0.25, 0.3) is 0 Å². The highest BCUT2D eigenvalue weighted by atomic mass is 16.3. The Bertz CT molecular complexity index is 10.3. The quantitative estimate of drug-likeness (QED) is 0.634. The molecule has 0 aliphatic carbocycles. The molecule has 2 nitrogen and oxygen atoms in total. The highest BCUT2D eigenvalue weighted by Crippen LogP contribution is 1.30. The predicted octanol–water partition coefficient (Wildman–Crippen LogP) is 4.10. The molecule has 0 spiro atoms. The van der Waals surface area contributed by atoms with Crippen LogP contribution < -0.4 is 0 Å². The molecule has 0 radical (unpaired) electrons. The second-order valence-corrected chi connectivity index (χ2v) is 0.632. The Hall–Kier alpha value is -0.0800. The summed E-state index contributed by atoms with van der Waals surface area (Å²) in [4.78, 5) is 0. The van der Waals surface area contributed by atoms with Gasteiger partial charge in [0, 0.05) is 13.2 Å². The van der Waals surface area contributed by atoms with Gasteiger partial charge >= 0.3 is 0 Å². The Morgan fingerprint density at radius 2 is 0.500 bits per heavy atom. The molecule has 96 valence electrons. The molecule has 0 aromatic rings. The van der Waals surface area contributed by atoms with Crippen molar-refractivity contribution in [3.05, 3.63) is 0 Å². The second-order valence-electron chi connectivity index (χ2n) is 0.632. The van der Waals surface area contributed by atoms with Gasteiger partial charge in [0.05, 0.1) is 0 Å². The van der Waals surface area contributed by atoms with Crippen LogP contribution in [0.4, 0.5) is 0 Å². The van der Waals surface area contributed by atoms with Crippen molar-refractivity contribution in [3.63, 3.8) is 0 Å². The molecule has 0 bridgehead atoms. The number of aliphatic hydroxyl groups excluding tert-OH is 2. The molecule has 0 fully saturated rings. The summed E-state index contributed by atoms with van der Waals surface area (Å²) in [6.45, 7) is 19.9. The molecule has 0 heterocycles. The van der Waals surface area contributed by atoms with Crippen LogP contribution >= 0.6 is 0 Å². The van der Waals surface area contributed by atoms with Gasteiger partial charge in [0.25, 0.3) is 0 Å². The maximum atomic E-state index is 7.57. The lowest BCUT2D eigenvalue weighted by Gasteiger charge is -1.52. The number of hydrogen-bond donors (Lipinski definition) is 2. The summed E-state index contributed by atoms with van der Waals surface area (Å²) in [7, 11) is 0. The van der Waals surface area contributed by atoms with Crippen molar-refractivity contribution in [2.24, 2.45) is 0 Å². The summed E-state index contributed by atoms with van der Waals surface area (Å²) in [5.41, 5.74) is 0. The molecule has 2 N–H and O–H groups in total. The van der Waals surface area contributed by atoms with Gasteiger partial charge in [-0.1, -0.05) is 55.4 Å². The largest absolute Gasteiger partial charge is 0.397 e. The molecule has 0 unspecified atom stereocenters. The molecular formula is C12H36O2. The van der Waals surface area contributed by atoms with Crippen LogP contribution in [-0.4, -0.2) is 23.4 Å². The smallest absolute Gasteiger partial charge is 0.0402 e. The molecule has 0 saturated heterocycles. The zero-order valence-electron chi connectivity index (χ0n) is 12.3. The van der Waals surface area contributed by atoms with Crippen LogP contribution in [0.5, 0.6) is 0 Å². The van der Waals surface area contributed by atoms with Gasteiger partial charge in [-0.15, -0.1) is 0 Å². The maximum Gasteiger partial charge on any atom is 0.0402 e. The molecule has 0 atom stereocenters. The lowest BCUT2D eigenvalue weighted by atomic mass is 10.9. The fourth-order valence-electron chi connectivity index (χ4n) is 0. The van der Waals surface area contributed by atoms with Gasteiger partial charge in [-0.25, -0.2) is 0 Å². The van der Waals surface area contributed by atoms with Crippen LogP contribution in [-0.2, 0) is 0 Å². The van der Waals surface area contributed by atoms with Crippen LogP contribution in [0, 0.1) is 0 Å². The maximum absolute atomic E-state index is 7.57. The Balaban J connectivity index is -0.0000000139. The van der Waals surface area contributed by atoms with E-state index in [4.69, 9.17) is 10.2 Å². The first-order valence-electron chi connectivity index (χ1n) is 6.05. The minimum absolute atomic E-state index is 0.250. The van der Waals surface area contributed by atoms with Gasteiger partial charge in [-0.2, -0.15) is 0 Å². The second kappa shape index (κ2) is 498. The first-order valence-corrected chi connectivity index (χ1v) is 6.05. The highest BCUT2D eigenvalue weighted by molar-refractivity contribution is 3.84. The van der Waals surface area contributed by atoms with Gasteiger partial charge in [0.2, 0.25) is 0 Å². The predicted molar refractivity (Wildman–Crippen MR) is 70.9 cm³/mol.